The fraction of sp³-hybridized carbons (Fsp3) is 0.261. The number of pyridine rings is 2. The molecule has 0 radical (unpaired) electrons. The second kappa shape index (κ2) is 7.82. The minimum absolute atomic E-state index is 0.129. The van der Waals surface area contributed by atoms with Gasteiger partial charge in [0, 0.05) is 37.2 Å². The number of hydrogen-bond acceptors (Lipinski definition) is 8. The number of piperidine rings is 1. The largest absolute Gasteiger partial charge is 0.393 e. The third kappa shape index (κ3) is 3.44. The van der Waals surface area contributed by atoms with Gasteiger partial charge in [0.25, 0.3) is 5.91 Å². The number of nitrogens with one attached hydrogen (secondary N) is 1. The van der Waals surface area contributed by atoms with Crippen LogP contribution in [0.25, 0.3) is 17.0 Å². The Morgan fingerprint density at radius 3 is 2.70 bits per heavy atom. The van der Waals surface area contributed by atoms with Gasteiger partial charge in [-0.25, -0.2) is 15.0 Å². The van der Waals surface area contributed by atoms with Gasteiger partial charge < -0.3 is 10.0 Å². The lowest BCUT2D eigenvalue weighted by molar-refractivity contribution is 0.0814. The molecular formula is C23H22N8O2. The molecule has 1 saturated heterocycles. The molecule has 10 heteroatoms. The van der Waals surface area contributed by atoms with Crippen molar-refractivity contribution in [3.8, 4) is 11.4 Å². The van der Waals surface area contributed by atoms with Gasteiger partial charge in [0.1, 0.15) is 5.82 Å². The molecule has 0 bridgehead atoms. The minimum Gasteiger partial charge on any atom is -0.393 e. The molecule has 0 spiro atoms. The van der Waals surface area contributed by atoms with Crippen LogP contribution in [0.1, 0.15) is 28.8 Å². The monoisotopic (exact) mass is 442 g/mol. The van der Waals surface area contributed by atoms with Crippen molar-refractivity contribution in [2.45, 2.75) is 25.5 Å². The zero-order chi connectivity index (χ0) is 22.4. The SMILES string of the molecule is O=C1c2ccnc(-c3cncc4nccn34)c2CN1Nc1ccc(N2CCC(O)CC2)cn1. The van der Waals surface area contributed by atoms with Gasteiger partial charge in [-0.3, -0.25) is 24.6 Å². The lowest BCUT2D eigenvalue weighted by atomic mass is 10.1. The Balaban J connectivity index is 1.24. The molecule has 4 aromatic rings. The predicted molar refractivity (Wildman–Crippen MR) is 121 cm³/mol. The van der Waals surface area contributed by atoms with Crippen molar-refractivity contribution in [2.24, 2.45) is 0 Å². The van der Waals surface area contributed by atoms with Crippen molar-refractivity contribution in [2.75, 3.05) is 23.4 Å². The van der Waals surface area contributed by atoms with Crippen LogP contribution < -0.4 is 10.3 Å². The van der Waals surface area contributed by atoms with E-state index in [9.17, 15) is 9.90 Å². The Morgan fingerprint density at radius 1 is 1.00 bits per heavy atom. The number of hydrogen-bond donors (Lipinski definition) is 2. The number of aromatic nitrogens is 5. The molecule has 2 aliphatic rings. The number of carbonyl (C=O) groups excluding carboxylic acids is 1. The molecule has 10 nitrogen and oxygen atoms in total. The molecule has 0 saturated carbocycles. The zero-order valence-corrected chi connectivity index (χ0v) is 17.8. The number of fused-ring (bicyclic) bond motifs is 2. The molecular weight excluding hydrogens is 420 g/mol. The zero-order valence-electron chi connectivity index (χ0n) is 17.8. The Labute approximate surface area is 189 Å². The van der Waals surface area contributed by atoms with Crippen LogP contribution in [-0.4, -0.2) is 59.6 Å². The topological polar surface area (TPSA) is 112 Å². The van der Waals surface area contributed by atoms with Crippen LogP contribution in [0.2, 0.25) is 0 Å². The van der Waals surface area contributed by atoms with E-state index in [0.29, 0.717) is 23.6 Å². The van der Waals surface area contributed by atoms with Crippen molar-refractivity contribution >= 4 is 23.1 Å². The standard InChI is InChI=1S/C23H22N8O2/c32-16-4-8-29(9-5-16)15-1-2-20(27-11-15)28-31-14-18-17(23(31)33)3-6-26-22(18)19-12-24-13-21-25-7-10-30(19)21/h1-3,6-7,10-13,16,32H,4-5,8-9,14H2,(H,27,28). The summed E-state index contributed by atoms with van der Waals surface area (Å²) in [5.41, 5.74) is 7.80. The van der Waals surface area contributed by atoms with Crippen molar-refractivity contribution in [3.63, 3.8) is 0 Å². The summed E-state index contributed by atoms with van der Waals surface area (Å²) >= 11 is 0. The van der Waals surface area contributed by atoms with Crippen molar-refractivity contribution in [1.29, 1.82) is 0 Å². The normalized spacial score (nSPS) is 16.5. The van der Waals surface area contributed by atoms with Gasteiger partial charge in [0.2, 0.25) is 0 Å². The Morgan fingerprint density at radius 2 is 1.88 bits per heavy atom. The van der Waals surface area contributed by atoms with Crippen molar-refractivity contribution in [1.82, 2.24) is 29.3 Å². The first-order valence-corrected chi connectivity index (χ1v) is 10.9. The van der Waals surface area contributed by atoms with E-state index < -0.39 is 0 Å². The molecule has 166 valence electrons. The average molecular weight is 442 g/mol. The molecule has 0 aliphatic carbocycles. The predicted octanol–water partition coefficient (Wildman–Crippen LogP) is 2.13. The van der Waals surface area contributed by atoms with Crippen LogP contribution in [-0.2, 0) is 6.54 Å². The first-order valence-electron chi connectivity index (χ1n) is 10.9. The molecule has 1 fully saturated rings. The van der Waals surface area contributed by atoms with Crippen molar-refractivity contribution < 1.29 is 9.90 Å². The van der Waals surface area contributed by atoms with Gasteiger partial charge in [-0.1, -0.05) is 0 Å². The summed E-state index contributed by atoms with van der Waals surface area (Å²) in [6, 6.07) is 5.59. The molecule has 0 unspecified atom stereocenters. The molecule has 0 atom stereocenters. The van der Waals surface area contributed by atoms with Gasteiger partial charge in [0.15, 0.2) is 5.65 Å². The van der Waals surface area contributed by atoms with Crippen LogP contribution in [0.3, 0.4) is 0 Å². The minimum atomic E-state index is -0.214. The van der Waals surface area contributed by atoms with E-state index in [2.05, 4.69) is 30.3 Å². The second-order valence-corrected chi connectivity index (χ2v) is 8.26. The number of nitrogens with zero attached hydrogens (tertiary/aromatic N) is 7. The molecule has 33 heavy (non-hydrogen) atoms. The number of amides is 1. The van der Waals surface area contributed by atoms with E-state index >= 15 is 0 Å². The highest BCUT2D eigenvalue weighted by atomic mass is 16.3. The number of anilines is 2. The van der Waals surface area contributed by atoms with E-state index in [1.54, 1.807) is 42.1 Å². The maximum atomic E-state index is 13.1. The van der Waals surface area contributed by atoms with E-state index in [1.807, 2.05) is 22.7 Å². The maximum absolute atomic E-state index is 13.1. The van der Waals surface area contributed by atoms with Crippen LogP contribution in [0, 0.1) is 0 Å². The van der Waals surface area contributed by atoms with Gasteiger partial charge in [-0.05, 0) is 31.0 Å². The molecule has 1 amide bonds. The molecule has 2 aliphatic heterocycles. The van der Waals surface area contributed by atoms with E-state index in [-0.39, 0.29) is 12.0 Å². The fourth-order valence-electron chi connectivity index (χ4n) is 4.47. The number of imidazole rings is 1. The Hall–Kier alpha value is -4.05. The number of rotatable bonds is 4. The van der Waals surface area contributed by atoms with Crippen LogP contribution in [0.4, 0.5) is 11.5 Å². The van der Waals surface area contributed by atoms with E-state index in [1.165, 1.54) is 0 Å². The van der Waals surface area contributed by atoms with Crippen LogP contribution in [0.15, 0.2) is 55.4 Å². The maximum Gasteiger partial charge on any atom is 0.273 e. The fourth-order valence-corrected chi connectivity index (χ4v) is 4.47. The first-order chi connectivity index (χ1) is 16.2. The summed E-state index contributed by atoms with van der Waals surface area (Å²) < 4.78 is 1.91. The summed E-state index contributed by atoms with van der Waals surface area (Å²) in [6.45, 7) is 1.98. The second-order valence-electron chi connectivity index (χ2n) is 8.26. The van der Waals surface area contributed by atoms with Crippen molar-refractivity contribution in [3.05, 3.63) is 66.5 Å². The lowest BCUT2D eigenvalue weighted by Gasteiger charge is -2.31. The number of aliphatic hydroxyl groups is 1. The summed E-state index contributed by atoms with van der Waals surface area (Å²) in [5.74, 6) is 0.458. The highest BCUT2D eigenvalue weighted by Crippen LogP contribution is 2.31. The molecule has 6 heterocycles. The lowest BCUT2D eigenvalue weighted by Crippen LogP contribution is -2.35. The summed E-state index contributed by atoms with van der Waals surface area (Å²) in [6.07, 6.45) is 11.7. The molecule has 6 rings (SSSR count). The Bertz CT molecular complexity index is 1330. The number of carbonyl (C=O) groups is 1. The van der Waals surface area contributed by atoms with Gasteiger partial charge in [-0.15, -0.1) is 0 Å². The highest BCUT2D eigenvalue weighted by Gasteiger charge is 2.31. The highest BCUT2D eigenvalue weighted by molar-refractivity contribution is 6.00. The third-order valence-electron chi connectivity index (χ3n) is 6.23. The smallest absolute Gasteiger partial charge is 0.273 e. The molecule has 2 N–H and O–H groups in total. The van der Waals surface area contributed by atoms with E-state index in [0.717, 1.165) is 48.5 Å². The quantitative estimate of drug-likeness (QED) is 0.494. The summed E-state index contributed by atoms with van der Waals surface area (Å²) in [4.78, 5) is 32.9. The number of hydrazine groups is 1. The summed E-state index contributed by atoms with van der Waals surface area (Å²) in [5, 5.41) is 11.3. The Kier molecular flexibility index (Phi) is 4.65. The molecule has 0 aromatic carbocycles. The molecule has 4 aromatic heterocycles. The van der Waals surface area contributed by atoms with Gasteiger partial charge >= 0.3 is 0 Å². The van der Waals surface area contributed by atoms with Crippen LogP contribution in [0.5, 0.6) is 0 Å². The van der Waals surface area contributed by atoms with E-state index in [4.69, 9.17) is 0 Å². The first kappa shape index (κ1) is 19.6. The van der Waals surface area contributed by atoms with Gasteiger partial charge in [-0.2, -0.15) is 0 Å². The summed E-state index contributed by atoms with van der Waals surface area (Å²) in [7, 11) is 0. The number of aliphatic hydroxyl groups excluding tert-OH is 1. The average Bonchev–Trinajstić information content (AvgIpc) is 3.45. The van der Waals surface area contributed by atoms with Gasteiger partial charge in [0.05, 0.1) is 53.9 Å². The van der Waals surface area contributed by atoms with Crippen LogP contribution >= 0.6 is 0 Å². The third-order valence-corrected chi connectivity index (χ3v) is 6.23.